The number of hydrogen-bond acceptors (Lipinski definition) is 3. The average molecular weight is 272 g/mol. The number of aromatic nitrogens is 2. The Morgan fingerprint density at radius 1 is 1.30 bits per heavy atom. The summed E-state index contributed by atoms with van der Waals surface area (Å²) in [7, 11) is 0. The number of hydrogen-bond donors (Lipinski definition) is 1. The van der Waals surface area contributed by atoms with E-state index >= 15 is 0 Å². The van der Waals surface area contributed by atoms with Crippen LogP contribution in [0.15, 0.2) is 18.2 Å². The molecule has 0 atom stereocenters. The second-order valence-corrected chi connectivity index (χ2v) is 4.63. The van der Waals surface area contributed by atoms with Gasteiger partial charge in [-0.2, -0.15) is 10.4 Å². The van der Waals surface area contributed by atoms with E-state index in [-0.39, 0.29) is 0 Å². The van der Waals surface area contributed by atoms with Crippen LogP contribution in [0.2, 0.25) is 0 Å². The lowest BCUT2D eigenvalue weighted by atomic mass is 10.1. The van der Waals surface area contributed by atoms with Crippen LogP contribution in [0.3, 0.4) is 0 Å². The Morgan fingerprint density at radius 2 is 2.05 bits per heavy atom. The van der Waals surface area contributed by atoms with Crippen LogP contribution in [-0.4, -0.2) is 9.78 Å². The highest BCUT2D eigenvalue weighted by Gasteiger charge is 2.13. The maximum absolute atomic E-state index is 13.4. The molecular weight excluding hydrogens is 255 g/mol. The Balaban J connectivity index is 2.40. The van der Waals surface area contributed by atoms with Gasteiger partial charge in [-0.3, -0.25) is 4.68 Å². The number of nitriles is 1. The van der Waals surface area contributed by atoms with Gasteiger partial charge in [0.1, 0.15) is 5.82 Å². The second kappa shape index (κ2) is 5.74. The van der Waals surface area contributed by atoms with Gasteiger partial charge in [0.15, 0.2) is 0 Å². The molecule has 5 heteroatoms. The van der Waals surface area contributed by atoms with Gasteiger partial charge in [0.05, 0.1) is 35.3 Å². The predicted octanol–water partition coefficient (Wildman–Crippen LogP) is 2.65. The van der Waals surface area contributed by atoms with Crippen LogP contribution in [0.25, 0.3) is 0 Å². The van der Waals surface area contributed by atoms with E-state index in [1.807, 2.05) is 19.9 Å². The third-order valence-electron chi connectivity index (χ3n) is 3.26. The number of rotatable bonds is 4. The van der Waals surface area contributed by atoms with Crippen molar-refractivity contribution >= 4 is 5.69 Å². The molecule has 2 rings (SSSR count). The van der Waals surface area contributed by atoms with Crippen molar-refractivity contribution in [3.63, 3.8) is 0 Å². The van der Waals surface area contributed by atoms with Crippen LogP contribution >= 0.6 is 0 Å². The standard InChI is InChI=1S/C15H17FN4/c1-3-13-15(18)14(4-2)20(19-13)9-11-5-10(8-17)6-12(16)7-11/h5-7H,3-4,9,18H2,1-2H3. The van der Waals surface area contributed by atoms with Gasteiger partial charge < -0.3 is 5.73 Å². The van der Waals surface area contributed by atoms with Crippen molar-refractivity contribution in [1.82, 2.24) is 9.78 Å². The maximum Gasteiger partial charge on any atom is 0.124 e. The lowest BCUT2D eigenvalue weighted by Crippen LogP contribution is -2.07. The van der Waals surface area contributed by atoms with Gasteiger partial charge in [-0.05, 0) is 36.6 Å². The minimum atomic E-state index is -0.409. The first-order valence-corrected chi connectivity index (χ1v) is 6.62. The number of nitrogens with zero attached hydrogens (tertiary/aromatic N) is 3. The molecule has 4 nitrogen and oxygen atoms in total. The molecule has 0 spiro atoms. The number of nitrogen functional groups attached to an aromatic ring is 1. The molecule has 104 valence electrons. The number of aryl methyl sites for hydroxylation is 1. The minimum absolute atomic E-state index is 0.314. The molecule has 0 bridgehead atoms. The van der Waals surface area contributed by atoms with Gasteiger partial charge in [-0.25, -0.2) is 4.39 Å². The van der Waals surface area contributed by atoms with Crippen molar-refractivity contribution in [2.45, 2.75) is 33.2 Å². The summed E-state index contributed by atoms with van der Waals surface area (Å²) in [5.41, 5.74) is 9.60. The van der Waals surface area contributed by atoms with Gasteiger partial charge in [0.25, 0.3) is 0 Å². The van der Waals surface area contributed by atoms with E-state index in [1.165, 1.54) is 12.1 Å². The quantitative estimate of drug-likeness (QED) is 0.930. The molecule has 2 N–H and O–H groups in total. The summed E-state index contributed by atoms with van der Waals surface area (Å²) in [6.45, 7) is 4.42. The third-order valence-corrected chi connectivity index (χ3v) is 3.26. The summed E-state index contributed by atoms with van der Waals surface area (Å²) >= 11 is 0. The van der Waals surface area contributed by atoms with E-state index in [0.717, 1.165) is 24.2 Å². The Labute approximate surface area is 117 Å². The average Bonchev–Trinajstić information content (AvgIpc) is 2.73. The SMILES string of the molecule is CCc1nn(Cc2cc(F)cc(C#N)c2)c(CC)c1N. The fourth-order valence-corrected chi connectivity index (χ4v) is 2.31. The Hall–Kier alpha value is -2.35. The fraction of sp³-hybridized carbons (Fsp3) is 0.333. The smallest absolute Gasteiger partial charge is 0.124 e. The van der Waals surface area contributed by atoms with Crippen LogP contribution in [0, 0.1) is 17.1 Å². The Bertz CT molecular complexity index is 667. The van der Waals surface area contributed by atoms with Crippen LogP contribution < -0.4 is 5.73 Å². The second-order valence-electron chi connectivity index (χ2n) is 4.63. The highest BCUT2D eigenvalue weighted by molar-refractivity contribution is 5.48. The van der Waals surface area contributed by atoms with Gasteiger partial charge in [0, 0.05) is 0 Å². The summed E-state index contributed by atoms with van der Waals surface area (Å²) in [5.74, 6) is -0.409. The summed E-state index contributed by atoms with van der Waals surface area (Å²) in [6, 6.07) is 6.27. The van der Waals surface area contributed by atoms with Gasteiger partial charge in [-0.1, -0.05) is 13.8 Å². The molecule has 0 amide bonds. The number of halogens is 1. The van der Waals surface area contributed by atoms with Crippen molar-refractivity contribution in [3.8, 4) is 6.07 Å². The van der Waals surface area contributed by atoms with Crippen LogP contribution in [-0.2, 0) is 19.4 Å². The lowest BCUT2D eigenvalue weighted by Gasteiger charge is -2.07. The zero-order valence-electron chi connectivity index (χ0n) is 11.7. The predicted molar refractivity (Wildman–Crippen MR) is 75.6 cm³/mol. The molecule has 0 aliphatic heterocycles. The van der Waals surface area contributed by atoms with Gasteiger partial charge in [0.2, 0.25) is 0 Å². The summed E-state index contributed by atoms with van der Waals surface area (Å²) in [4.78, 5) is 0. The Kier molecular flexibility index (Phi) is 4.04. The molecule has 20 heavy (non-hydrogen) atoms. The highest BCUT2D eigenvalue weighted by atomic mass is 19.1. The first-order chi connectivity index (χ1) is 9.58. The molecule has 1 aromatic heterocycles. The topological polar surface area (TPSA) is 67.6 Å². The van der Waals surface area contributed by atoms with Crippen molar-refractivity contribution < 1.29 is 4.39 Å². The fourth-order valence-electron chi connectivity index (χ4n) is 2.31. The van der Waals surface area contributed by atoms with Crippen LogP contribution in [0.4, 0.5) is 10.1 Å². The molecule has 0 radical (unpaired) electrons. The number of anilines is 1. The van der Waals surface area contributed by atoms with E-state index in [1.54, 1.807) is 10.7 Å². The summed E-state index contributed by atoms with van der Waals surface area (Å²) in [5, 5.41) is 13.3. The molecule has 0 aliphatic carbocycles. The molecule has 0 fully saturated rings. The molecule has 0 unspecified atom stereocenters. The van der Waals surface area contributed by atoms with E-state index in [0.29, 0.717) is 23.4 Å². The molecule has 0 saturated heterocycles. The first-order valence-electron chi connectivity index (χ1n) is 6.62. The van der Waals surface area contributed by atoms with Crippen LogP contribution in [0.5, 0.6) is 0 Å². The van der Waals surface area contributed by atoms with E-state index in [4.69, 9.17) is 11.0 Å². The molecule has 1 heterocycles. The Morgan fingerprint density at radius 3 is 2.65 bits per heavy atom. The van der Waals surface area contributed by atoms with Crippen molar-refractivity contribution in [3.05, 3.63) is 46.5 Å². The summed E-state index contributed by atoms with van der Waals surface area (Å²) in [6.07, 6.45) is 1.53. The molecule has 0 saturated carbocycles. The van der Waals surface area contributed by atoms with Gasteiger partial charge in [-0.15, -0.1) is 0 Å². The lowest BCUT2D eigenvalue weighted by molar-refractivity contribution is 0.611. The molecule has 0 aliphatic rings. The number of nitrogens with two attached hydrogens (primary N) is 1. The van der Waals surface area contributed by atoms with E-state index in [9.17, 15) is 4.39 Å². The maximum atomic E-state index is 13.4. The largest absolute Gasteiger partial charge is 0.396 e. The zero-order chi connectivity index (χ0) is 14.7. The summed E-state index contributed by atoms with van der Waals surface area (Å²) < 4.78 is 15.2. The van der Waals surface area contributed by atoms with Crippen molar-refractivity contribution in [2.24, 2.45) is 0 Å². The molecule has 1 aromatic carbocycles. The molecule has 2 aromatic rings. The van der Waals surface area contributed by atoms with Crippen molar-refractivity contribution in [1.29, 1.82) is 5.26 Å². The first kappa shape index (κ1) is 14.1. The minimum Gasteiger partial charge on any atom is -0.396 e. The van der Waals surface area contributed by atoms with E-state index in [2.05, 4.69) is 5.10 Å². The zero-order valence-corrected chi connectivity index (χ0v) is 11.7. The van der Waals surface area contributed by atoms with Crippen molar-refractivity contribution in [2.75, 3.05) is 5.73 Å². The molecular formula is C15H17FN4. The monoisotopic (exact) mass is 272 g/mol. The van der Waals surface area contributed by atoms with Gasteiger partial charge >= 0.3 is 0 Å². The van der Waals surface area contributed by atoms with Crippen LogP contribution in [0.1, 0.15) is 36.4 Å². The normalized spacial score (nSPS) is 10.5. The number of benzene rings is 1. The van der Waals surface area contributed by atoms with E-state index < -0.39 is 5.82 Å². The third kappa shape index (κ3) is 2.64. The highest BCUT2D eigenvalue weighted by Crippen LogP contribution is 2.20.